The van der Waals surface area contributed by atoms with Gasteiger partial charge in [-0.25, -0.2) is 4.79 Å². The highest BCUT2D eigenvalue weighted by Gasteiger charge is 2.18. The van der Waals surface area contributed by atoms with Crippen molar-refractivity contribution in [2.45, 2.75) is 39.4 Å². The van der Waals surface area contributed by atoms with Crippen LogP contribution >= 0.6 is 0 Å². The zero-order valence-electron chi connectivity index (χ0n) is 16.5. The molecule has 0 saturated heterocycles. The number of carbonyl (C=O) groups excluding carboxylic acids is 2. The summed E-state index contributed by atoms with van der Waals surface area (Å²) in [6.45, 7) is 5.17. The minimum Gasteiger partial charge on any atom is -0.465 e. The van der Waals surface area contributed by atoms with Crippen LogP contribution in [0.25, 0.3) is 0 Å². The lowest BCUT2D eigenvalue weighted by Crippen LogP contribution is -2.42. The van der Waals surface area contributed by atoms with E-state index in [0.717, 1.165) is 12.0 Å². The van der Waals surface area contributed by atoms with Crippen molar-refractivity contribution in [3.8, 4) is 0 Å². The summed E-state index contributed by atoms with van der Waals surface area (Å²) in [6, 6.07) is 15.3. The van der Waals surface area contributed by atoms with Crippen molar-refractivity contribution >= 4 is 11.9 Å². The Bertz CT molecular complexity index is 754. The van der Waals surface area contributed by atoms with Crippen molar-refractivity contribution in [2.75, 3.05) is 14.2 Å². The number of esters is 1. The van der Waals surface area contributed by atoms with Gasteiger partial charge in [0, 0.05) is 13.1 Å². The molecule has 1 amide bonds. The van der Waals surface area contributed by atoms with Gasteiger partial charge in [-0.1, -0.05) is 43.3 Å². The molecule has 0 fully saturated rings. The number of methoxy groups -OCH3 is 1. The Morgan fingerprint density at radius 2 is 1.56 bits per heavy atom. The molecule has 0 spiro atoms. The summed E-state index contributed by atoms with van der Waals surface area (Å²) in [5.41, 5.74) is 3.92. The predicted molar refractivity (Wildman–Crippen MR) is 106 cm³/mol. The van der Waals surface area contributed by atoms with Crippen LogP contribution in [0, 0.1) is 0 Å². The van der Waals surface area contributed by atoms with Crippen LogP contribution in [0.3, 0.4) is 0 Å². The molecular formula is C22H28N2O3. The smallest absolute Gasteiger partial charge is 0.337 e. The number of nitrogens with one attached hydrogen (secondary N) is 1. The van der Waals surface area contributed by atoms with Crippen LogP contribution in [0.4, 0.5) is 0 Å². The lowest BCUT2D eigenvalue weighted by molar-refractivity contribution is -0.125. The Morgan fingerprint density at radius 1 is 1.00 bits per heavy atom. The highest BCUT2D eigenvalue weighted by Crippen LogP contribution is 2.10. The van der Waals surface area contributed by atoms with E-state index in [1.54, 1.807) is 12.1 Å². The number of hydrogen-bond acceptors (Lipinski definition) is 4. The summed E-state index contributed by atoms with van der Waals surface area (Å²) >= 11 is 0. The fourth-order valence-electron chi connectivity index (χ4n) is 2.72. The molecule has 0 saturated carbocycles. The van der Waals surface area contributed by atoms with Gasteiger partial charge in [0.15, 0.2) is 0 Å². The number of benzene rings is 2. The summed E-state index contributed by atoms with van der Waals surface area (Å²) in [7, 11) is 3.30. The highest BCUT2D eigenvalue weighted by atomic mass is 16.5. The molecule has 1 N–H and O–H groups in total. The first-order valence-corrected chi connectivity index (χ1v) is 9.17. The predicted octanol–water partition coefficient (Wildman–Crippen LogP) is 3.17. The Hall–Kier alpha value is -2.66. The van der Waals surface area contributed by atoms with E-state index in [-0.39, 0.29) is 17.9 Å². The van der Waals surface area contributed by atoms with Gasteiger partial charge in [0.25, 0.3) is 0 Å². The third-order valence-electron chi connectivity index (χ3n) is 4.75. The molecule has 0 aliphatic heterocycles. The Kier molecular flexibility index (Phi) is 7.55. The molecule has 0 radical (unpaired) electrons. The maximum atomic E-state index is 12.4. The number of ether oxygens (including phenoxy) is 1. The van der Waals surface area contributed by atoms with E-state index in [0.29, 0.717) is 18.7 Å². The molecule has 2 rings (SSSR count). The quantitative estimate of drug-likeness (QED) is 0.727. The van der Waals surface area contributed by atoms with Gasteiger partial charge in [-0.05, 0) is 49.2 Å². The molecule has 0 bridgehead atoms. The van der Waals surface area contributed by atoms with E-state index in [4.69, 9.17) is 0 Å². The highest BCUT2D eigenvalue weighted by molar-refractivity contribution is 5.89. The molecule has 1 atom stereocenters. The number of rotatable bonds is 8. The number of hydrogen-bond donors (Lipinski definition) is 1. The fourth-order valence-corrected chi connectivity index (χ4v) is 2.72. The van der Waals surface area contributed by atoms with Crippen LogP contribution in [0.2, 0.25) is 0 Å². The van der Waals surface area contributed by atoms with Gasteiger partial charge in [-0.15, -0.1) is 0 Å². The van der Waals surface area contributed by atoms with E-state index in [2.05, 4.69) is 41.2 Å². The van der Waals surface area contributed by atoms with E-state index >= 15 is 0 Å². The molecule has 2 aromatic rings. The first-order chi connectivity index (χ1) is 12.9. The normalized spacial score (nSPS) is 11.9. The van der Waals surface area contributed by atoms with Crippen molar-refractivity contribution in [1.29, 1.82) is 0 Å². The van der Waals surface area contributed by atoms with E-state index < -0.39 is 0 Å². The summed E-state index contributed by atoms with van der Waals surface area (Å²) in [5.74, 6) is -0.396. The molecule has 0 heterocycles. The summed E-state index contributed by atoms with van der Waals surface area (Å²) in [6.07, 6.45) is 1.02. The Labute approximate surface area is 161 Å². The molecule has 144 valence electrons. The van der Waals surface area contributed by atoms with E-state index in [1.807, 2.05) is 31.0 Å². The topological polar surface area (TPSA) is 58.6 Å². The fraction of sp³-hybridized carbons (Fsp3) is 0.364. The second-order valence-corrected chi connectivity index (χ2v) is 6.67. The minimum absolute atomic E-state index is 0.0280. The van der Waals surface area contributed by atoms with Crippen molar-refractivity contribution in [2.24, 2.45) is 0 Å². The van der Waals surface area contributed by atoms with Crippen molar-refractivity contribution in [3.05, 3.63) is 70.8 Å². The summed E-state index contributed by atoms with van der Waals surface area (Å²) in [5, 5.41) is 2.95. The van der Waals surface area contributed by atoms with Gasteiger partial charge in [-0.2, -0.15) is 0 Å². The molecule has 2 aromatic carbocycles. The molecule has 27 heavy (non-hydrogen) atoms. The zero-order valence-corrected chi connectivity index (χ0v) is 16.5. The van der Waals surface area contributed by atoms with Crippen molar-refractivity contribution < 1.29 is 14.3 Å². The van der Waals surface area contributed by atoms with Crippen LogP contribution in [0.15, 0.2) is 48.5 Å². The Balaban J connectivity index is 1.85. The van der Waals surface area contributed by atoms with Gasteiger partial charge in [0.05, 0.1) is 18.7 Å². The minimum atomic E-state index is -0.368. The van der Waals surface area contributed by atoms with Crippen molar-refractivity contribution in [3.63, 3.8) is 0 Å². The first-order valence-electron chi connectivity index (χ1n) is 9.17. The SMILES string of the molecule is CCc1ccc(CN(C)C(C)C(=O)NCc2ccc(C(=O)OC)cc2)cc1. The van der Waals surface area contributed by atoms with Crippen LogP contribution in [-0.4, -0.2) is 37.0 Å². The van der Waals surface area contributed by atoms with E-state index in [1.165, 1.54) is 18.2 Å². The molecular weight excluding hydrogens is 340 g/mol. The van der Waals surface area contributed by atoms with Gasteiger partial charge in [0.2, 0.25) is 5.91 Å². The number of carbonyl (C=O) groups is 2. The average Bonchev–Trinajstić information content (AvgIpc) is 2.71. The Morgan fingerprint density at radius 3 is 2.11 bits per heavy atom. The van der Waals surface area contributed by atoms with Gasteiger partial charge < -0.3 is 10.1 Å². The largest absolute Gasteiger partial charge is 0.465 e. The van der Waals surface area contributed by atoms with Gasteiger partial charge in [-0.3, -0.25) is 9.69 Å². The zero-order chi connectivity index (χ0) is 19.8. The van der Waals surface area contributed by atoms with Gasteiger partial charge in [0.1, 0.15) is 0 Å². The second-order valence-electron chi connectivity index (χ2n) is 6.67. The monoisotopic (exact) mass is 368 g/mol. The lowest BCUT2D eigenvalue weighted by Gasteiger charge is -2.24. The molecule has 5 heteroatoms. The summed E-state index contributed by atoms with van der Waals surface area (Å²) < 4.78 is 4.68. The van der Waals surface area contributed by atoms with Gasteiger partial charge >= 0.3 is 5.97 Å². The maximum absolute atomic E-state index is 12.4. The summed E-state index contributed by atoms with van der Waals surface area (Å²) in [4.78, 5) is 25.9. The molecule has 1 unspecified atom stereocenters. The van der Waals surface area contributed by atoms with E-state index in [9.17, 15) is 9.59 Å². The standard InChI is InChI=1S/C22H28N2O3/c1-5-17-6-8-19(9-7-17)15-24(3)16(2)21(25)23-14-18-10-12-20(13-11-18)22(26)27-4/h6-13,16H,5,14-15H2,1-4H3,(H,23,25). The van der Waals surface area contributed by atoms with Crippen LogP contribution < -0.4 is 5.32 Å². The number of aryl methyl sites for hydroxylation is 1. The van der Waals surface area contributed by atoms with Crippen LogP contribution in [-0.2, 0) is 29.0 Å². The second kappa shape index (κ2) is 9.88. The maximum Gasteiger partial charge on any atom is 0.337 e. The molecule has 0 aliphatic rings. The average molecular weight is 368 g/mol. The lowest BCUT2D eigenvalue weighted by atomic mass is 10.1. The van der Waals surface area contributed by atoms with Crippen LogP contribution in [0.5, 0.6) is 0 Å². The van der Waals surface area contributed by atoms with Crippen LogP contribution in [0.1, 0.15) is 40.9 Å². The third-order valence-corrected chi connectivity index (χ3v) is 4.75. The number of amides is 1. The first kappa shape index (κ1) is 20.6. The van der Waals surface area contributed by atoms with Crippen molar-refractivity contribution in [1.82, 2.24) is 10.2 Å². The number of nitrogens with zero attached hydrogens (tertiary/aromatic N) is 1. The molecule has 0 aliphatic carbocycles. The molecule has 0 aromatic heterocycles. The number of likely N-dealkylation sites (N-methyl/N-ethyl adjacent to an activating group) is 1. The third kappa shape index (κ3) is 5.93. The molecule has 5 nitrogen and oxygen atoms in total.